The maximum Gasteiger partial charge on any atom is 0.265 e. The molecule has 29 heavy (non-hydrogen) atoms. The number of rotatable bonds is 4. The van der Waals surface area contributed by atoms with Crippen molar-refractivity contribution in [1.29, 1.82) is 0 Å². The maximum atomic E-state index is 6.30. The summed E-state index contributed by atoms with van der Waals surface area (Å²) in [6.07, 6.45) is 0. The lowest BCUT2D eigenvalue weighted by Crippen LogP contribution is -2.49. The minimum Gasteiger partial charge on any atom is -0.493 e. The van der Waals surface area contributed by atoms with E-state index in [0.29, 0.717) is 17.4 Å². The lowest BCUT2D eigenvalue weighted by atomic mass is 9.91. The van der Waals surface area contributed by atoms with E-state index in [-0.39, 0.29) is 0 Å². The number of hydrogen-bond acceptors (Lipinski definition) is 6. The van der Waals surface area contributed by atoms with E-state index in [1.54, 1.807) is 26.0 Å². The Hall–Kier alpha value is -3.12. The number of thioether (sulfide) groups is 1. The summed E-state index contributed by atoms with van der Waals surface area (Å²) in [4.78, 5) is 9.61. The molecular weight excluding hydrogens is 384 g/mol. The first-order valence-electron chi connectivity index (χ1n) is 9.32. The number of ether oxygens (including phenoxy) is 2. The zero-order chi connectivity index (χ0) is 19.8. The lowest BCUT2D eigenvalue weighted by molar-refractivity contribution is -0.0683. The molecule has 146 valence electrons. The standard InChI is InChI=1S/C23H20N2O3S/c1-26-19-13-18-21(14-20(19)27-2)29-15-25-22(16-9-5-3-6-10-16)24-28-23(18,25)17-11-7-4-8-12-17/h3-14H,15H2,1-2H3/t23-/m0/s1. The molecule has 3 aromatic carbocycles. The van der Waals surface area contributed by atoms with Crippen LogP contribution in [-0.2, 0) is 10.6 Å². The SMILES string of the molecule is COc1cc2c(cc1OC)[C@]1(c3ccccc3)ON=C(c3ccccc3)N1CS2. The Balaban J connectivity index is 1.73. The van der Waals surface area contributed by atoms with Gasteiger partial charge in [0.1, 0.15) is 0 Å². The summed E-state index contributed by atoms with van der Waals surface area (Å²) in [7, 11) is 3.30. The van der Waals surface area contributed by atoms with Crippen LogP contribution in [0.25, 0.3) is 0 Å². The number of amidine groups is 1. The second kappa shape index (κ2) is 7.04. The second-order valence-electron chi connectivity index (χ2n) is 6.79. The van der Waals surface area contributed by atoms with Crippen LogP contribution in [0.2, 0.25) is 0 Å². The molecule has 1 atom stereocenters. The molecule has 0 saturated carbocycles. The van der Waals surface area contributed by atoms with E-state index >= 15 is 0 Å². The fraction of sp³-hybridized carbons (Fsp3) is 0.174. The number of benzene rings is 3. The van der Waals surface area contributed by atoms with Crippen molar-refractivity contribution >= 4 is 17.6 Å². The van der Waals surface area contributed by atoms with Crippen molar-refractivity contribution in [3.63, 3.8) is 0 Å². The quantitative estimate of drug-likeness (QED) is 0.633. The molecule has 2 aliphatic heterocycles. The summed E-state index contributed by atoms with van der Waals surface area (Å²) in [6, 6.07) is 24.4. The van der Waals surface area contributed by atoms with Crippen LogP contribution < -0.4 is 9.47 Å². The van der Waals surface area contributed by atoms with E-state index in [0.717, 1.165) is 27.4 Å². The second-order valence-corrected chi connectivity index (χ2v) is 7.77. The summed E-state index contributed by atoms with van der Waals surface area (Å²) < 4.78 is 11.1. The maximum absolute atomic E-state index is 6.30. The number of methoxy groups -OCH3 is 2. The first-order chi connectivity index (χ1) is 14.3. The highest BCUT2D eigenvalue weighted by Crippen LogP contribution is 2.52. The molecule has 2 heterocycles. The van der Waals surface area contributed by atoms with E-state index in [1.807, 2.05) is 48.5 Å². The van der Waals surface area contributed by atoms with Crippen molar-refractivity contribution < 1.29 is 14.3 Å². The van der Waals surface area contributed by atoms with Gasteiger partial charge >= 0.3 is 0 Å². The van der Waals surface area contributed by atoms with Crippen LogP contribution in [-0.4, -0.2) is 30.8 Å². The van der Waals surface area contributed by atoms with E-state index in [2.05, 4.69) is 34.3 Å². The Morgan fingerprint density at radius 2 is 1.59 bits per heavy atom. The van der Waals surface area contributed by atoms with E-state index in [1.165, 1.54) is 0 Å². The molecule has 0 bridgehead atoms. The van der Waals surface area contributed by atoms with Crippen molar-refractivity contribution in [2.45, 2.75) is 10.6 Å². The Labute approximate surface area is 173 Å². The molecule has 0 amide bonds. The number of fused-ring (bicyclic) bond motifs is 3. The average Bonchev–Trinajstić information content (AvgIpc) is 3.20. The van der Waals surface area contributed by atoms with Gasteiger partial charge in [-0.2, -0.15) is 0 Å². The van der Waals surface area contributed by atoms with Crippen LogP contribution in [0, 0.1) is 0 Å². The van der Waals surface area contributed by atoms with Crippen LogP contribution >= 0.6 is 11.8 Å². The Bertz CT molecular complexity index is 1070. The summed E-state index contributed by atoms with van der Waals surface area (Å²) in [6.45, 7) is 0. The van der Waals surface area contributed by atoms with E-state index < -0.39 is 5.72 Å². The van der Waals surface area contributed by atoms with Gasteiger partial charge in [0.2, 0.25) is 0 Å². The summed E-state index contributed by atoms with van der Waals surface area (Å²) in [5.74, 6) is 2.89. The van der Waals surface area contributed by atoms with Gasteiger partial charge in [0.25, 0.3) is 5.72 Å². The zero-order valence-corrected chi connectivity index (χ0v) is 17.0. The van der Waals surface area contributed by atoms with Gasteiger partial charge in [-0.3, -0.25) is 4.90 Å². The van der Waals surface area contributed by atoms with Crippen molar-refractivity contribution in [2.75, 3.05) is 20.1 Å². The first-order valence-corrected chi connectivity index (χ1v) is 10.3. The van der Waals surface area contributed by atoms with Crippen LogP contribution in [0.5, 0.6) is 11.5 Å². The first kappa shape index (κ1) is 17.9. The van der Waals surface area contributed by atoms with Crippen molar-refractivity contribution in [3.05, 3.63) is 89.5 Å². The minimum atomic E-state index is -0.855. The molecule has 0 saturated heterocycles. The molecule has 0 aromatic heterocycles. The van der Waals surface area contributed by atoms with Gasteiger partial charge in [-0.25, -0.2) is 0 Å². The molecule has 0 unspecified atom stereocenters. The topological polar surface area (TPSA) is 43.3 Å². The van der Waals surface area contributed by atoms with Crippen LogP contribution in [0.4, 0.5) is 0 Å². The fourth-order valence-corrected chi connectivity index (χ4v) is 5.02. The van der Waals surface area contributed by atoms with E-state index in [9.17, 15) is 0 Å². The number of oxime groups is 1. The third-order valence-corrected chi connectivity index (χ3v) is 6.33. The highest BCUT2D eigenvalue weighted by atomic mass is 32.2. The summed E-state index contributed by atoms with van der Waals surface area (Å²) in [5.41, 5.74) is 2.18. The van der Waals surface area contributed by atoms with Gasteiger partial charge in [-0.1, -0.05) is 65.8 Å². The number of nitrogens with zero attached hydrogens (tertiary/aromatic N) is 2. The molecule has 0 radical (unpaired) electrons. The molecule has 0 aliphatic carbocycles. The largest absolute Gasteiger partial charge is 0.493 e. The predicted octanol–water partition coefficient (Wildman–Crippen LogP) is 4.66. The molecular formula is C23H20N2O3S. The normalized spacial score (nSPS) is 19.7. The molecule has 0 N–H and O–H groups in total. The molecule has 6 heteroatoms. The van der Waals surface area contributed by atoms with Gasteiger partial charge in [0, 0.05) is 21.6 Å². The van der Waals surface area contributed by atoms with Crippen LogP contribution in [0.15, 0.2) is 82.8 Å². The van der Waals surface area contributed by atoms with Crippen LogP contribution in [0.3, 0.4) is 0 Å². The predicted molar refractivity (Wildman–Crippen MR) is 113 cm³/mol. The van der Waals surface area contributed by atoms with Gasteiger partial charge in [-0.05, 0) is 12.1 Å². The van der Waals surface area contributed by atoms with Gasteiger partial charge < -0.3 is 14.3 Å². The Morgan fingerprint density at radius 1 is 0.931 bits per heavy atom. The minimum absolute atomic E-state index is 0.667. The molecule has 2 aliphatic rings. The Kier molecular flexibility index (Phi) is 4.36. The van der Waals surface area contributed by atoms with E-state index in [4.69, 9.17) is 14.3 Å². The molecule has 3 aromatic rings. The fourth-order valence-electron chi connectivity index (χ4n) is 3.91. The van der Waals surface area contributed by atoms with Crippen molar-refractivity contribution in [3.8, 4) is 11.5 Å². The molecule has 0 fully saturated rings. The van der Waals surface area contributed by atoms with Crippen LogP contribution in [0.1, 0.15) is 16.7 Å². The highest BCUT2D eigenvalue weighted by Gasteiger charge is 2.53. The lowest BCUT2D eigenvalue weighted by Gasteiger charge is -2.42. The summed E-state index contributed by atoms with van der Waals surface area (Å²) >= 11 is 1.74. The zero-order valence-electron chi connectivity index (χ0n) is 16.2. The van der Waals surface area contributed by atoms with Crippen molar-refractivity contribution in [1.82, 2.24) is 4.90 Å². The third-order valence-electron chi connectivity index (χ3n) is 5.30. The van der Waals surface area contributed by atoms with Gasteiger partial charge in [0.15, 0.2) is 17.3 Å². The molecule has 5 rings (SSSR count). The third kappa shape index (κ3) is 2.67. The molecule has 5 nitrogen and oxygen atoms in total. The monoisotopic (exact) mass is 404 g/mol. The summed E-state index contributed by atoms with van der Waals surface area (Å²) in [5, 5.41) is 4.55. The van der Waals surface area contributed by atoms with Crippen molar-refractivity contribution in [2.24, 2.45) is 5.16 Å². The Morgan fingerprint density at radius 3 is 2.28 bits per heavy atom. The average molecular weight is 404 g/mol. The van der Waals surface area contributed by atoms with Gasteiger partial charge in [-0.15, -0.1) is 11.8 Å². The molecule has 0 spiro atoms. The smallest absolute Gasteiger partial charge is 0.265 e. The highest BCUT2D eigenvalue weighted by molar-refractivity contribution is 7.99. The number of hydrogen-bond donors (Lipinski definition) is 0. The van der Waals surface area contributed by atoms with Gasteiger partial charge in [0.05, 0.1) is 20.1 Å².